The summed E-state index contributed by atoms with van der Waals surface area (Å²) in [6.45, 7) is 5.22. The van der Waals surface area contributed by atoms with Crippen molar-refractivity contribution < 1.29 is 0 Å². The van der Waals surface area contributed by atoms with Gasteiger partial charge in [0.05, 0.1) is 6.20 Å². The molecule has 1 aromatic heterocycles. The van der Waals surface area contributed by atoms with E-state index in [4.69, 9.17) is 5.73 Å². The molecule has 0 radical (unpaired) electrons. The number of hydrogen-bond acceptors (Lipinski definition) is 3. The monoisotopic (exact) mass is 154 g/mol. The second-order valence-electron chi connectivity index (χ2n) is 2.96. The van der Waals surface area contributed by atoms with Crippen molar-refractivity contribution in [2.24, 2.45) is 5.92 Å². The van der Waals surface area contributed by atoms with Crippen LogP contribution >= 0.6 is 0 Å². The Balaban J connectivity index is 2.39. The van der Waals surface area contributed by atoms with Gasteiger partial charge < -0.3 is 16.0 Å². The molecule has 1 heterocycles. The number of nitrogens with zero attached hydrogens (tertiary/aromatic N) is 1. The number of H-pyrrole nitrogens is 1. The molecule has 1 aromatic rings. The molecule has 0 bridgehead atoms. The number of nitrogens with two attached hydrogens (primary N) is 1. The Hall–Kier alpha value is -1.19. The van der Waals surface area contributed by atoms with Crippen LogP contribution in [0.1, 0.15) is 13.8 Å². The van der Waals surface area contributed by atoms with Crippen LogP contribution < -0.4 is 11.1 Å². The van der Waals surface area contributed by atoms with Crippen LogP contribution in [0.15, 0.2) is 6.20 Å². The smallest absolute Gasteiger partial charge is 0.199 e. The van der Waals surface area contributed by atoms with Gasteiger partial charge in [-0.05, 0) is 5.92 Å². The number of imidazole rings is 1. The van der Waals surface area contributed by atoms with Gasteiger partial charge in [0.1, 0.15) is 5.82 Å². The minimum absolute atomic E-state index is 0.455. The highest BCUT2D eigenvalue weighted by atomic mass is 15.1. The fourth-order valence-electron chi connectivity index (χ4n) is 0.741. The zero-order valence-electron chi connectivity index (χ0n) is 6.89. The van der Waals surface area contributed by atoms with Crippen LogP contribution in [0.2, 0.25) is 0 Å². The van der Waals surface area contributed by atoms with Crippen molar-refractivity contribution in [3.8, 4) is 0 Å². The van der Waals surface area contributed by atoms with Crippen molar-refractivity contribution in [1.29, 1.82) is 0 Å². The molecule has 11 heavy (non-hydrogen) atoms. The lowest BCUT2D eigenvalue weighted by molar-refractivity contribution is 0.687. The number of anilines is 2. The molecule has 0 saturated carbocycles. The van der Waals surface area contributed by atoms with Crippen molar-refractivity contribution in [2.75, 3.05) is 17.6 Å². The van der Waals surface area contributed by atoms with Gasteiger partial charge in [0.2, 0.25) is 0 Å². The fraction of sp³-hybridized carbons (Fsp3) is 0.571. The van der Waals surface area contributed by atoms with Gasteiger partial charge in [-0.25, -0.2) is 4.98 Å². The summed E-state index contributed by atoms with van der Waals surface area (Å²) in [6, 6.07) is 0. The molecule has 0 aliphatic carbocycles. The largest absolute Gasteiger partial charge is 0.370 e. The molecule has 0 saturated heterocycles. The van der Waals surface area contributed by atoms with E-state index >= 15 is 0 Å². The molecule has 4 N–H and O–H groups in total. The fourth-order valence-corrected chi connectivity index (χ4v) is 0.741. The van der Waals surface area contributed by atoms with E-state index in [0.717, 1.165) is 12.4 Å². The molecule has 0 atom stereocenters. The summed E-state index contributed by atoms with van der Waals surface area (Å²) in [7, 11) is 0. The number of nitrogens with one attached hydrogen (secondary N) is 2. The number of nitrogen functional groups attached to an aromatic ring is 1. The molecule has 0 spiro atoms. The van der Waals surface area contributed by atoms with E-state index in [-0.39, 0.29) is 0 Å². The summed E-state index contributed by atoms with van der Waals surface area (Å²) in [4.78, 5) is 6.74. The third-order valence-corrected chi connectivity index (χ3v) is 1.30. The highest BCUT2D eigenvalue weighted by molar-refractivity contribution is 5.37. The third kappa shape index (κ3) is 2.49. The number of aromatic nitrogens is 2. The van der Waals surface area contributed by atoms with Crippen LogP contribution in [0.3, 0.4) is 0 Å². The predicted molar refractivity (Wildman–Crippen MR) is 46.3 cm³/mol. The predicted octanol–water partition coefficient (Wildman–Crippen LogP) is 1.06. The molecule has 0 aliphatic rings. The SMILES string of the molecule is CC(C)CNc1cnc(N)[nH]1. The zero-order valence-corrected chi connectivity index (χ0v) is 6.89. The van der Waals surface area contributed by atoms with Crippen molar-refractivity contribution in [3.05, 3.63) is 6.20 Å². The van der Waals surface area contributed by atoms with Gasteiger partial charge >= 0.3 is 0 Å². The van der Waals surface area contributed by atoms with Gasteiger partial charge in [-0.2, -0.15) is 0 Å². The maximum absolute atomic E-state index is 5.38. The summed E-state index contributed by atoms with van der Waals surface area (Å²) >= 11 is 0. The Morgan fingerprint density at radius 3 is 2.91 bits per heavy atom. The molecule has 0 fully saturated rings. The topological polar surface area (TPSA) is 66.7 Å². The first-order valence-corrected chi connectivity index (χ1v) is 3.73. The van der Waals surface area contributed by atoms with E-state index in [1.165, 1.54) is 0 Å². The molecule has 0 aliphatic heterocycles. The van der Waals surface area contributed by atoms with Crippen LogP contribution in [0.5, 0.6) is 0 Å². The lowest BCUT2D eigenvalue weighted by atomic mass is 10.2. The Bertz CT molecular complexity index is 216. The molecular formula is C7H14N4. The lowest BCUT2D eigenvalue weighted by Gasteiger charge is -2.04. The van der Waals surface area contributed by atoms with Crippen LogP contribution in [-0.2, 0) is 0 Å². The number of hydrogen-bond donors (Lipinski definition) is 3. The minimum atomic E-state index is 0.455. The van der Waals surface area contributed by atoms with Gasteiger partial charge in [-0.3, -0.25) is 0 Å². The van der Waals surface area contributed by atoms with E-state index < -0.39 is 0 Å². The highest BCUT2D eigenvalue weighted by Gasteiger charge is 1.96. The standard InChI is InChI=1S/C7H14N4/c1-5(2)3-9-6-4-10-7(8)11-6/h4-5,9H,3H2,1-2H3,(H3,8,10,11). The van der Waals surface area contributed by atoms with Gasteiger partial charge in [0.15, 0.2) is 5.95 Å². The Morgan fingerprint density at radius 1 is 1.73 bits per heavy atom. The first-order chi connectivity index (χ1) is 5.18. The summed E-state index contributed by atoms with van der Waals surface area (Å²) < 4.78 is 0. The summed E-state index contributed by atoms with van der Waals surface area (Å²) in [6.07, 6.45) is 1.69. The molecule has 1 rings (SSSR count). The Morgan fingerprint density at radius 2 is 2.45 bits per heavy atom. The van der Waals surface area contributed by atoms with E-state index in [9.17, 15) is 0 Å². The first-order valence-electron chi connectivity index (χ1n) is 3.73. The molecule has 62 valence electrons. The van der Waals surface area contributed by atoms with Crippen molar-refractivity contribution >= 4 is 11.8 Å². The maximum atomic E-state index is 5.38. The summed E-state index contributed by atoms with van der Waals surface area (Å²) in [5.41, 5.74) is 5.38. The normalized spacial score (nSPS) is 10.5. The van der Waals surface area contributed by atoms with Gasteiger partial charge in [0.25, 0.3) is 0 Å². The second kappa shape index (κ2) is 3.27. The molecule has 0 unspecified atom stereocenters. The van der Waals surface area contributed by atoms with Gasteiger partial charge in [0, 0.05) is 6.54 Å². The Labute approximate surface area is 66.2 Å². The third-order valence-electron chi connectivity index (χ3n) is 1.30. The van der Waals surface area contributed by atoms with E-state index in [2.05, 4.69) is 29.1 Å². The molecule has 0 amide bonds. The zero-order chi connectivity index (χ0) is 8.27. The average Bonchev–Trinajstić information content (AvgIpc) is 2.31. The van der Waals surface area contributed by atoms with Crippen molar-refractivity contribution in [1.82, 2.24) is 9.97 Å². The maximum Gasteiger partial charge on any atom is 0.199 e. The van der Waals surface area contributed by atoms with E-state index in [1.54, 1.807) is 6.20 Å². The quantitative estimate of drug-likeness (QED) is 0.609. The molecular weight excluding hydrogens is 140 g/mol. The average molecular weight is 154 g/mol. The van der Waals surface area contributed by atoms with E-state index in [1.807, 2.05) is 0 Å². The second-order valence-corrected chi connectivity index (χ2v) is 2.96. The summed E-state index contributed by atoms with van der Waals surface area (Å²) in [5.74, 6) is 1.96. The van der Waals surface area contributed by atoms with Gasteiger partial charge in [-0.1, -0.05) is 13.8 Å². The number of aromatic amines is 1. The molecule has 0 aromatic carbocycles. The number of rotatable bonds is 3. The van der Waals surface area contributed by atoms with Crippen LogP contribution in [0.25, 0.3) is 0 Å². The van der Waals surface area contributed by atoms with Gasteiger partial charge in [-0.15, -0.1) is 0 Å². The molecule has 4 nitrogen and oxygen atoms in total. The first kappa shape index (κ1) is 7.91. The van der Waals surface area contributed by atoms with Crippen LogP contribution in [0, 0.1) is 5.92 Å². The van der Waals surface area contributed by atoms with Crippen molar-refractivity contribution in [2.45, 2.75) is 13.8 Å². The molecule has 4 heteroatoms. The van der Waals surface area contributed by atoms with Crippen molar-refractivity contribution in [3.63, 3.8) is 0 Å². The van der Waals surface area contributed by atoms with Crippen LogP contribution in [0.4, 0.5) is 11.8 Å². The van der Waals surface area contributed by atoms with Crippen LogP contribution in [-0.4, -0.2) is 16.5 Å². The van der Waals surface area contributed by atoms with E-state index in [0.29, 0.717) is 11.9 Å². The minimum Gasteiger partial charge on any atom is -0.370 e. The summed E-state index contributed by atoms with van der Waals surface area (Å²) in [5, 5.41) is 3.17. The highest BCUT2D eigenvalue weighted by Crippen LogP contribution is 2.04. The Kier molecular flexibility index (Phi) is 2.36. The lowest BCUT2D eigenvalue weighted by Crippen LogP contribution is -2.07.